The van der Waals surface area contributed by atoms with Gasteiger partial charge in [-0.05, 0) is 31.6 Å². The minimum atomic E-state index is -0.261. The number of urea groups is 1. The Morgan fingerprint density at radius 1 is 0.906 bits per heavy atom. The fourth-order valence-electron chi connectivity index (χ4n) is 4.42. The largest absolute Gasteiger partial charge is 0.339 e. The number of piperazine rings is 1. The van der Waals surface area contributed by atoms with Crippen molar-refractivity contribution in [3.05, 3.63) is 12.2 Å². The number of nitrogens with zero attached hydrogens (tertiary/aromatic N) is 4. The van der Waals surface area contributed by atoms with Gasteiger partial charge >= 0.3 is 6.03 Å². The maximum absolute atomic E-state index is 12.4. The summed E-state index contributed by atoms with van der Waals surface area (Å²) in [5, 5.41) is 4.17. The molecular weight excluding hydrogens is 410 g/mol. The smallest absolute Gasteiger partial charge is 0.337 e. The van der Waals surface area contributed by atoms with E-state index in [0.717, 1.165) is 25.7 Å². The van der Waals surface area contributed by atoms with Crippen LogP contribution in [0.3, 0.4) is 0 Å². The summed E-state index contributed by atoms with van der Waals surface area (Å²) in [6.45, 7) is 2.46. The summed E-state index contributed by atoms with van der Waals surface area (Å²) in [6.07, 6.45) is 14.4. The number of amides is 5. The molecule has 9 nitrogen and oxygen atoms in total. The van der Waals surface area contributed by atoms with Crippen LogP contribution in [-0.2, 0) is 14.4 Å². The van der Waals surface area contributed by atoms with Crippen molar-refractivity contribution in [3.8, 4) is 0 Å². The van der Waals surface area contributed by atoms with E-state index in [9.17, 15) is 19.2 Å². The van der Waals surface area contributed by atoms with E-state index < -0.39 is 0 Å². The van der Waals surface area contributed by atoms with Crippen molar-refractivity contribution in [2.45, 2.75) is 64.2 Å². The molecule has 9 heteroatoms. The number of rotatable bonds is 8. The number of imide groups is 1. The maximum atomic E-state index is 12.4. The van der Waals surface area contributed by atoms with E-state index in [0.29, 0.717) is 51.5 Å². The molecule has 1 saturated heterocycles. The average molecular weight is 446 g/mol. The molecule has 1 N–H and O–H groups in total. The maximum Gasteiger partial charge on any atom is 0.337 e. The molecule has 0 aromatic carbocycles. The minimum Gasteiger partial charge on any atom is -0.339 e. The number of unbranched alkanes of at least 4 members (excludes halogenated alkanes) is 2. The quantitative estimate of drug-likeness (QED) is 0.204. The molecule has 3 aliphatic rings. The molecule has 0 unspecified atom stereocenters. The lowest BCUT2D eigenvalue weighted by Crippen LogP contribution is -2.52. The van der Waals surface area contributed by atoms with Gasteiger partial charge in [-0.15, -0.1) is 0 Å². The number of carbonyl (C=O) groups is 4. The van der Waals surface area contributed by atoms with Crippen LogP contribution in [0.15, 0.2) is 17.3 Å². The van der Waals surface area contributed by atoms with Crippen molar-refractivity contribution in [1.29, 1.82) is 0 Å². The SMILES string of the molecule is O=C(CCCCCN1C(=O)C=CC1=O)N1CCN(C(=O)N/N=C/C2CCCCCC2)CC1. The van der Waals surface area contributed by atoms with Crippen LogP contribution in [0.4, 0.5) is 4.79 Å². The number of hydrogen-bond acceptors (Lipinski definition) is 5. The first-order chi connectivity index (χ1) is 15.5. The highest BCUT2D eigenvalue weighted by Gasteiger charge is 2.24. The van der Waals surface area contributed by atoms with Gasteiger partial charge in [-0.25, -0.2) is 10.2 Å². The number of carbonyl (C=O) groups excluding carboxylic acids is 4. The Morgan fingerprint density at radius 3 is 2.19 bits per heavy atom. The van der Waals surface area contributed by atoms with Crippen molar-refractivity contribution >= 4 is 30.0 Å². The molecule has 1 aliphatic carbocycles. The van der Waals surface area contributed by atoms with E-state index >= 15 is 0 Å². The summed E-state index contributed by atoms with van der Waals surface area (Å²) in [5.41, 5.74) is 2.64. The average Bonchev–Trinajstić information content (AvgIpc) is 2.98. The fourth-order valence-corrected chi connectivity index (χ4v) is 4.42. The molecule has 5 amide bonds. The van der Waals surface area contributed by atoms with E-state index in [2.05, 4.69) is 10.5 Å². The third kappa shape index (κ3) is 7.17. The first-order valence-electron chi connectivity index (χ1n) is 11.9. The summed E-state index contributed by atoms with van der Waals surface area (Å²) in [6, 6.07) is -0.206. The van der Waals surface area contributed by atoms with Crippen LogP contribution in [0.1, 0.15) is 64.2 Å². The lowest BCUT2D eigenvalue weighted by Gasteiger charge is -2.34. The zero-order valence-electron chi connectivity index (χ0n) is 18.8. The van der Waals surface area contributed by atoms with Crippen molar-refractivity contribution in [3.63, 3.8) is 0 Å². The molecule has 176 valence electrons. The number of nitrogens with one attached hydrogen (secondary N) is 1. The Hall–Kier alpha value is -2.71. The van der Waals surface area contributed by atoms with Crippen molar-refractivity contribution in [2.24, 2.45) is 11.0 Å². The number of hydrazone groups is 1. The van der Waals surface area contributed by atoms with Crippen LogP contribution in [-0.4, -0.2) is 77.4 Å². The van der Waals surface area contributed by atoms with Crippen LogP contribution in [0.5, 0.6) is 0 Å². The lowest BCUT2D eigenvalue weighted by molar-refractivity contribution is -0.137. The Balaban J connectivity index is 1.26. The third-order valence-electron chi connectivity index (χ3n) is 6.44. The van der Waals surface area contributed by atoms with Gasteiger partial charge in [0.25, 0.3) is 11.8 Å². The van der Waals surface area contributed by atoms with Crippen molar-refractivity contribution in [2.75, 3.05) is 32.7 Å². The standard InChI is InChI=1S/C23H35N5O4/c29-20(10-6-3-7-13-28-21(30)11-12-22(28)31)26-14-16-27(17-15-26)23(32)25-24-18-19-8-4-1-2-5-9-19/h11-12,18-19H,1-10,13-17H2,(H,25,32)/b24-18+. The van der Waals surface area contributed by atoms with Crippen LogP contribution < -0.4 is 5.43 Å². The van der Waals surface area contributed by atoms with Crippen LogP contribution in [0.25, 0.3) is 0 Å². The molecule has 1 saturated carbocycles. The molecule has 0 aromatic rings. The van der Waals surface area contributed by atoms with Gasteiger partial charge in [-0.2, -0.15) is 5.10 Å². The highest BCUT2D eigenvalue weighted by Crippen LogP contribution is 2.21. The van der Waals surface area contributed by atoms with E-state index in [1.54, 1.807) is 9.80 Å². The lowest BCUT2D eigenvalue weighted by atomic mass is 10.0. The molecule has 0 spiro atoms. The van der Waals surface area contributed by atoms with E-state index in [-0.39, 0.29) is 23.8 Å². The second kappa shape index (κ2) is 12.4. The molecule has 2 heterocycles. The second-order valence-electron chi connectivity index (χ2n) is 8.79. The first kappa shape index (κ1) is 23.9. The van der Waals surface area contributed by atoms with Crippen LogP contribution in [0.2, 0.25) is 0 Å². The molecular formula is C23H35N5O4. The molecule has 2 fully saturated rings. The molecule has 2 aliphatic heterocycles. The monoisotopic (exact) mass is 445 g/mol. The van der Waals surface area contributed by atoms with Gasteiger partial charge in [0, 0.05) is 57.5 Å². The van der Waals surface area contributed by atoms with Gasteiger partial charge in [0.2, 0.25) is 5.91 Å². The highest BCUT2D eigenvalue weighted by molar-refractivity contribution is 6.12. The topological polar surface area (TPSA) is 102 Å². The normalized spacial score (nSPS) is 20.3. The first-order valence-corrected chi connectivity index (χ1v) is 11.9. The molecule has 0 atom stereocenters. The Morgan fingerprint density at radius 2 is 1.53 bits per heavy atom. The van der Waals surface area contributed by atoms with Gasteiger partial charge in [0.05, 0.1) is 0 Å². The van der Waals surface area contributed by atoms with Gasteiger partial charge in [0.15, 0.2) is 0 Å². The predicted octanol–water partition coefficient (Wildman–Crippen LogP) is 2.28. The Labute approximate surface area is 189 Å². The summed E-state index contributed by atoms with van der Waals surface area (Å²) in [4.78, 5) is 52.5. The van der Waals surface area contributed by atoms with E-state index in [1.165, 1.54) is 42.7 Å². The molecule has 32 heavy (non-hydrogen) atoms. The van der Waals surface area contributed by atoms with E-state index in [4.69, 9.17) is 0 Å². The number of hydrogen-bond donors (Lipinski definition) is 1. The summed E-state index contributed by atoms with van der Waals surface area (Å²) < 4.78 is 0. The summed E-state index contributed by atoms with van der Waals surface area (Å²) in [5.74, 6) is 0.0259. The fraction of sp³-hybridized carbons (Fsp3) is 0.696. The molecule has 0 aromatic heterocycles. The van der Waals surface area contributed by atoms with Gasteiger partial charge in [0.1, 0.15) is 0 Å². The summed E-state index contributed by atoms with van der Waals surface area (Å²) >= 11 is 0. The highest BCUT2D eigenvalue weighted by atomic mass is 16.2. The predicted molar refractivity (Wildman–Crippen MR) is 121 cm³/mol. The van der Waals surface area contributed by atoms with Crippen molar-refractivity contribution < 1.29 is 19.2 Å². The van der Waals surface area contributed by atoms with Gasteiger partial charge < -0.3 is 9.80 Å². The van der Waals surface area contributed by atoms with Crippen molar-refractivity contribution in [1.82, 2.24) is 20.1 Å². The Kier molecular flexibility index (Phi) is 9.25. The molecule has 0 bridgehead atoms. The molecule has 0 radical (unpaired) electrons. The molecule has 3 rings (SSSR count). The van der Waals surface area contributed by atoms with Crippen LogP contribution in [0, 0.1) is 5.92 Å². The van der Waals surface area contributed by atoms with Gasteiger partial charge in [-0.3, -0.25) is 19.3 Å². The van der Waals surface area contributed by atoms with Gasteiger partial charge in [-0.1, -0.05) is 32.1 Å². The zero-order valence-corrected chi connectivity index (χ0v) is 18.8. The Bertz CT molecular complexity index is 717. The summed E-state index contributed by atoms with van der Waals surface area (Å²) in [7, 11) is 0. The zero-order chi connectivity index (χ0) is 22.8. The van der Waals surface area contributed by atoms with Crippen LogP contribution >= 0.6 is 0 Å². The van der Waals surface area contributed by atoms with E-state index in [1.807, 2.05) is 6.21 Å². The third-order valence-corrected chi connectivity index (χ3v) is 6.44. The minimum absolute atomic E-state index is 0.0893. The second-order valence-corrected chi connectivity index (χ2v) is 8.79.